The quantitative estimate of drug-likeness (QED) is 0.426. The topological polar surface area (TPSA) is 15.6 Å². The van der Waals surface area contributed by atoms with Crippen LogP contribution in [-0.2, 0) is 0 Å². The zero-order valence-electron chi connectivity index (χ0n) is 7.99. The summed E-state index contributed by atoms with van der Waals surface area (Å²) in [5, 5.41) is 6.46. The van der Waals surface area contributed by atoms with E-state index in [1.165, 1.54) is 12.1 Å². The number of hydrazone groups is 1. The third-order valence-corrected chi connectivity index (χ3v) is 2.92. The summed E-state index contributed by atoms with van der Waals surface area (Å²) in [6.07, 6.45) is 5.96. The van der Waals surface area contributed by atoms with Gasteiger partial charge in [-0.05, 0) is 12.3 Å². The summed E-state index contributed by atoms with van der Waals surface area (Å²) in [4.78, 5) is 0. The first-order valence-corrected chi connectivity index (χ1v) is 4.62. The van der Waals surface area contributed by atoms with Crippen LogP contribution in [0.15, 0.2) is 17.3 Å². The van der Waals surface area contributed by atoms with Crippen LogP contribution in [0.1, 0.15) is 13.3 Å². The van der Waals surface area contributed by atoms with E-state index in [1.54, 1.807) is 0 Å². The zero-order chi connectivity index (χ0) is 8.72. The van der Waals surface area contributed by atoms with Gasteiger partial charge in [0.1, 0.15) is 0 Å². The lowest BCUT2D eigenvalue weighted by Crippen LogP contribution is -2.19. The standard InChI is InChI=1S/C10H16N2/c1-7-8-4-5-9(6-8)10(7)11-12(2)3/h4-5,7-9H,6H2,1-3H3. The molecule has 0 radical (unpaired) electrons. The lowest BCUT2D eigenvalue weighted by Gasteiger charge is -2.17. The molecule has 1 fully saturated rings. The highest BCUT2D eigenvalue weighted by molar-refractivity contribution is 5.93. The molecule has 2 aliphatic carbocycles. The van der Waals surface area contributed by atoms with Crippen molar-refractivity contribution in [2.24, 2.45) is 22.9 Å². The van der Waals surface area contributed by atoms with Crippen LogP contribution in [0.25, 0.3) is 0 Å². The molecule has 12 heavy (non-hydrogen) atoms. The summed E-state index contributed by atoms with van der Waals surface area (Å²) in [5.74, 6) is 2.09. The Morgan fingerprint density at radius 3 is 2.67 bits per heavy atom. The number of fused-ring (bicyclic) bond motifs is 2. The lowest BCUT2D eigenvalue weighted by molar-refractivity contribution is 0.430. The van der Waals surface area contributed by atoms with Gasteiger partial charge in [-0.15, -0.1) is 0 Å². The molecule has 66 valence electrons. The highest BCUT2D eigenvalue weighted by Gasteiger charge is 2.38. The highest BCUT2D eigenvalue weighted by atomic mass is 15.4. The zero-order valence-corrected chi connectivity index (χ0v) is 7.99. The van der Waals surface area contributed by atoms with E-state index in [4.69, 9.17) is 0 Å². The van der Waals surface area contributed by atoms with E-state index in [-0.39, 0.29) is 0 Å². The van der Waals surface area contributed by atoms with Crippen LogP contribution in [-0.4, -0.2) is 24.8 Å². The minimum absolute atomic E-state index is 0.646. The Labute approximate surface area is 73.9 Å². The first-order valence-electron chi connectivity index (χ1n) is 4.62. The monoisotopic (exact) mass is 164 g/mol. The smallest absolute Gasteiger partial charge is 0.0483 e. The molecule has 2 nitrogen and oxygen atoms in total. The van der Waals surface area contributed by atoms with E-state index in [9.17, 15) is 0 Å². The van der Waals surface area contributed by atoms with E-state index in [0.717, 1.165) is 5.92 Å². The minimum Gasteiger partial charge on any atom is -0.303 e. The predicted octanol–water partition coefficient (Wildman–Crippen LogP) is 1.75. The van der Waals surface area contributed by atoms with Crippen molar-refractivity contribution >= 4 is 5.71 Å². The first kappa shape index (κ1) is 7.84. The maximum Gasteiger partial charge on any atom is 0.0483 e. The fraction of sp³-hybridized carbons (Fsp3) is 0.700. The Kier molecular flexibility index (Phi) is 1.71. The Bertz CT molecular complexity index is 240. The van der Waals surface area contributed by atoms with Gasteiger partial charge in [0.15, 0.2) is 0 Å². The molecule has 2 rings (SSSR count). The van der Waals surface area contributed by atoms with Gasteiger partial charge >= 0.3 is 0 Å². The SMILES string of the molecule is CC1C(=NN(C)C)C2C=CC1C2. The highest BCUT2D eigenvalue weighted by Crippen LogP contribution is 2.41. The molecule has 3 unspecified atom stereocenters. The molecule has 0 N–H and O–H groups in total. The van der Waals surface area contributed by atoms with Gasteiger partial charge in [0, 0.05) is 31.6 Å². The van der Waals surface area contributed by atoms with Crippen LogP contribution in [0.3, 0.4) is 0 Å². The number of hydrogen-bond donors (Lipinski definition) is 0. The maximum atomic E-state index is 4.54. The molecular weight excluding hydrogens is 148 g/mol. The maximum absolute atomic E-state index is 4.54. The van der Waals surface area contributed by atoms with Crippen LogP contribution in [0.5, 0.6) is 0 Å². The third kappa shape index (κ3) is 1.06. The van der Waals surface area contributed by atoms with Crippen molar-refractivity contribution in [2.75, 3.05) is 14.1 Å². The van der Waals surface area contributed by atoms with Crippen LogP contribution < -0.4 is 0 Å². The molecule has 0 aliphatic heterocycles. The van der Waals surface area contributed by atoms with E-state index in [1.807, 2.05) is 19.1 Å². The molecule has 2 aliphatic rings. The number of allylic oxidation sites excluding steroid dienone is 2. The van der Waals surface area contributed by atoms with E-state index in [0.29, 0.717) is 11.8 Å². The summed E-state index contributed by atoms with van der Waals surface area (Å²) < 4.78 is 0. The summed E-state index contributed by atoms with van der Waals surface area (Å²) in [6.45, 7) is 2.29. The van der Waals surface area contributed by atoms with Crippen molar-refractivity contribution < 1.29 is 0 Å². The molecular formula is C10H16N2. The Hall–Kier alpha value is -0.790. The fourth-order valence-corrected chi connectivity index (χ4v) is 2.27. The van der Waals surface area contributed by atoms with Crippen LogP contribution in [0.4, 0.5) is 0 Å². The van der Waals surface area contributed by atoms with Gasteiger partial charge in [-0.3, -0.25) is 0 Å². The second-order valence-corrected chi connectivity index (χ2v) is 4.05. The lowest BCUT2D eigenvalue weighted by atomic mass is 9.94. The third-order valence-electron chi connectivity index (χ3n) is 2.92. The number of nitrogens with zero attached hydrogens (tertiary/aromatic N) is 2. The molecule has 0 saturated heterocycles. The van der Waals surface area contributed by atoms with Gasteiger partial charge in [-0.2, -0.15) is 5.10 Å². The summed E-state index contributed by atoms with van der Waals surface area (Å²) in [5.41, 5.74) is 1.38. The molecule has 0 aromatic rings. The minimum atomic E-state index is 0.646. The molecule has 3 atom stereocenters. The van der Waals surface area contributed by atoms with E-state index < -0.39 is 0 Å². The van der Waals surface area contributed by atoms with Gasteiger partial charge in [0.25, 0.3) is 0 Å². The average Bonchev–Trinajstić information content (AvgIpc) is 2.53. The van der Waals surface area contributed by atoms with Crippen molar-refractivity contribution in [2.45, 2.75) is 13.3 Å². The van der Waals surface area contributed by atoms with Crippen molar-refractivity contribution in [1.82, 2.24) is 5.01 Å². The van der Waals surface area contributed by atoms with Crippen LogP contribution in [0, 0.1) is 17.8 Å². The average molecular weight is 164 g/mol. The summed E-state index contributed by atoms with van der Waals surface area (Å²) >= 11 is 0. The van der Waals surface area contributed by atoms with Gasteiger partial charge in [0.05, 0.1) is 0 Å². The first-order chi connectivity index (χ1) is 5.68. The second kappa shape index (κ2) is 2.61. The van der Waals surface area contributed by atoms with Crippen molar-refractivity contribution in [3.63, 3.8) is 0 Å². The van der Waals surface area contributed by atoms with Gasteiger partial charge < -0.3 is 5.01 Å². The summed E-state index contributed by atoms with van der Waals surface area (Å²) in [6, 6.07) is 0. The fourth-order valence-electron chi connectivity index (χ4n) is 2.27. The Balaban J connectivity index is 2.23. The molecule has 0 aromatic heterocycles. The van der Waals surface area contributed by atoms with Gasteiger partial charge in [-0.25, -0.2) is 0 Å². The van der Waals surface area contributed by atoms with Crippen LogP contribution >= 0.6 is 0 Å². The molecule has 0 amide bonds. The molecule has 0 spiro atoms. The molecule has 2 bridgehead atoms. The van der Waals surface area contributed by atoms with Gasteiger partial charge in [-0.1, -0.05) is 19.1 Å². The largest absolute Gasteiger partial charge is 0.303 e. The second-order valence-electron chi connectivity index (χ2n) is 4.05. The van der Waals surface area contributed by atoms with Crippen LogP contribution in [0.2, 0.25) is 0 Å². The Morgan fingerprint density at radius 1 is 1.42 bits per heavy atom. The van der Waals surface area contributed by atoms with Crippen molar-refractivity contribution in [3.05, 3.63) is 12.2 Å². The summed E-state index contributed by atoms with van der Waals surface area (Å²) in [7, 11) is 3.99. The predicted molar refractivity (Wildman–Crippen MR) is 51.0 cm³/mol. The van der Waals surface area contributed by atoms with E-state index >= 15 is 0 Å². The molecule has 0 aromatic carbocycles. The van der Waals surface area contributed by atoms with Gasteiger partial charge in [0.2, 0.25) is 0 Å². The molecule has 2 heteroatoms. The Morgan fingerprint density at radius 2 is 2.17 bits per heavy atom. The van der Waals surface area contributed by atoms with Crippen molar-refractivity contribution in [1.29, 1.82) is 0 Å². The molecule has 1 saturated carbocycles. The number of hydrogen-bond acceptors (Lipinski definition) is 2. The molecule has 0 heterocycles. The number of rotatable bonds is 1. The van der Waals surface area contributed by atoms with Crippen molar-refractivity contribution in [3.8, 4) is 0 Å². The van der Waals surface area contributed by atoms with E-state index in [2.05, 4.69) is 24.2 Å². The normalized spacial score (nSPS) is 41.2.